The maximum absolute atomic E-state index is 13.6. The standard InChI is InChI=1S/C25H21ClN2O5S/c1-17-8-11-21(12-9-17)34(30,31)28(20-10-13-24(33-3)22(26)15-20)25(29)19(16-27)14-18-6-4-5-7-23(18)32-2/h4-15H,1-3H3/b19-14+. The Hall–Kier alpha value is -3.80. The lowest BCUT2D eigenvalue weighted by atomic mass is 10.1. The molecule has 3 aromatic carbocycles. The van der Waals surface area contributed by atoms with Gasteiger partial charge < -0.3 is 9.47 Å². The summed E-state index contributed by atoms with van der Waals surface area (Å²) < 4.78 is 38.2. The number of nitriles is 1. The molecular weight excluding hydrogens is 476 g/mol. The lowest BCUT2D eigenvalue weighted by molar-refractivity contribution is -0.113. The first-order chi connectivity index (χ1) is 16.2. The molecule has 34 heavy (non-hydrogen) atoms. The van der Waals surface area contributed by atoms with Crippen molar-refractivity contribution in [3.63, 3.8) is 0 Å². The summed E-state index contributed by atoms with van der Waals surface area (Å²) in [7, 11) is -1.54. The van der Waals surface area contributed by atoms with Crippen LogP contribution in [-0.2, 0) is 14.8 Å². The second-order valence-electron chi connectivity index (χ2n) is 7.12. The van der Waals surface area contributed by atoms with Gasteiger partial charge in [0.2, 0.25) is 0 Å². The van der Waals surface area contributed by atoms with Crippen molar-refractivity contribution in [2.45, 2.75) is 11.8 Å². The SMILES string of the molecule is COc1ccc(N(C(=O)/C(C#N)=C/c2ccccc2OC)S(=O)(=O)c2ccc(C)cc2)cc1Cl. The van der Waals surface area contributed by atoms with Crippen molar-refractivity contribution >= 4 is 39.3 Å². The van der Waals surface area contributed by atoms with E-state index in [-0.39, 0.29) is 15.6 Å². The fourth-order valence-electron chi connectivity index (χ4n) is 3.15. The van der Waals surface area contributed by atoms with Gasteiger partial charge in [0.15, 0.2) is 0 Å². The van der Waals surface area contributed by atoms with Gasteiger partial charge >= 0.3 is 0 Å². The van der Waals surface area contributed by atoms with Crippen LogP contribution in [0.25, 0.3) is 6.08 Å². The number of rotatable bonds is 7. The molecule has 0 spiro atoms. The highest BCUT2D eigenvalue weighted by atomic mass is 35.5. The predicted octanol–water partition coefficient (Wildman–Crippen LogP) is 4.99. The van der Waals surface area contributed by atoms with Crippen LogP contribution in [0, 0.1) is 18.3 Å². The highest BCUT2D eigenvalue weighted by molar-refractivity contribution is 7.93. The number of hydrogen-bond donors (Lipinski definition) is 0. The Balaban J connectivity index is 2.21. The van der Waals surface area contributed by atoms with Crippen LogP contribution >= 0.6 is 11.6 Å². The van der Waals surface area contributed by atoms with Crippen molar-refractivity contribution in [1.29, 1.82) is 5.26 Å². The number of anilines is 1. The fraction of sp³-hybridized carbons (Fsp3) is 0.120. The largest absolute Gasteiger partial charge is 0.496 e. The van der Waals surface area contributed by atoms with Gasteiger partial charge in [-0.25, -0.2) is 8.42 Å². The summed E-state index contributed by atoms with van der Waals surface area (Å²) in [6, 6.07) is 18.7. The molecule has 3 aromatic rings. The number of carbonyl (C=O) groups is 1. The average molecular weight is 497 g/mol. The van der Waals surface area contributed by atoms with E-state index < -0.39 is 21.5 Å². The molecule has 0 radical (unpaired) electrons. The molecule has 9 heteroatoms. The van der Waals surface area contributed by atoms with E-state index in [0.717, 1.165) is 5.56 Å². The van der Waals surface area contributed by atoms with Crippen LogP contribution in [0.2, 0.25) is 5.02 Å². The molecule has 0 unspecified atom stereocenters. The Morgan fingerprint density at radius 2 is 1.65 bits per heavy atom. The van der Waals surface area contributed by atoms with E-state index in [0.29, 0.717) is 21.4 Å². The van der Waals surface area contributed by atoms with Gasteiger partial charge in [0.05, 0.1) is 29.8 Å². The molecule has 0 heterocycles. The number of carbonyl (C=O) groups excluding carboxylic acids is 1. The zero-order valence-corrected chi connectivity index (χ0v) is 20.2. The Morgan fingerprint density at radius 1 is 1.00 bits per heavy atom. The van der Waals surface area contributed by atoms with E-state index in [4.69, 9.17) is 21.1 Å². The number of aryl methyl sites for hydroxylation is 1. The number of halogens is 1. The van der Waals surface area contributed by atoms with Crippen molar-refractivity contribution in [1.82, 2.24) is 0 Å². The van der Waals surface area contributed by atoms with Crippen molar-refractivity contribution in [3.05, 3.63) is 88.5 Å². The quantitative estimate of drug-likeness (QED) is 0.337. The van der Waals surface area contributed by atoms with Gasteiger partial charge in [-0.2, -0.15) is 9.57 Å². The van der Waals surface area contributed by atoms with Crippen molar-refractivity contribution in [2.75, 3.05) is 18.5 Å². The van der Waals surface area contributed by atoms with E-state index in [1.54, 1.807) is 36.4 Å². The first-order valence-corrected chi connectivity index (χ1v) is 11.8. The molecule has 3 rings (SSSR count). The molecular formula is C25H21ClN2O5S. The van der Waals surface area contributed by atoms with Gasteiger partial charge in [-0.3, -0.25) is 4.79 Å². The monoisotopic (exact) mass is 496 g/mol. The Kier molecular flexibility index (Phi) is 7.61. The predicted molar refractivity (Wildman–Crippen MR) is 130 cm³/mol. The summed E-state index contributed by atoms with van der Waals surface area (Å²) in [6.45, 7) is 1.81. The highest BCUT2D eigenvalue weighted by Crippen LogP contribution is 2.33. The molecule has 1 amide bonds. The maximum atomic E-state index is 13.6. The van der Waals surface area contributed by atoms with Gasteiger partial charge in [-0.1, -0.05) is 47.5 Å². The van der Waals surface area contributed by atoms with E-state index in [1.807, 2.05) is 13.0 Å². The smallest absolute Gasteiger partial charge is 0.282 e. The summed E-state index contributed by atoms with van der Waals surface area (Å²) in [5.74, 6) is -0.325. The molecule has 0 N–H and O–H groups in total. The second kappa shape index (κ2) is 10.4. The van der Waals surface area contributed by atoms with Crippen molar-refractivity contribution in [3.8, 4) is 17.6 Å². The summed E-state index contributed by atoms with van der Waals surface area (Å²) in [4.78, 5) is 13.5. The minimum Gasteiger partial charge on any atom is -0.496 e. The summed E-state index contributed by atoms with van der Waals surface area (Å²) in [5.41, 5.74) is 0.832. The second-order valence-corrected chi connectivity index (χ2v) is 9.31. The van der Waals surface area contributed by atoms with E-state index >= 15 is 0 Å². The number of sulfonamides is 1. The molecule has 174 valence electrons. The number of methoxy groups -OCH3 is 2. The maximum Gasteiger partial charge on any atom is 0.282 e. The number of hydrogen-bond acceptors (Lipinski definition) is 6. The third kappa shape index (κ3) is 5.06. The van der Waals surface area contributed by atoms with Crippen LogP contribution in [0.15, 0.2) is 77.2 Å². The number of ether oxygens (including phenoxy) is 2. The molecule has 0 aliphatic carbocycles. The van der Waals surface area contributed by atoms with Gasteiger partial charge in [0, 0.05) is 5.56 Å². The van der Waals surface area contributed by atoms with E-state index in [2.05, 4.69) is 0 Å². The molecule has 7 nitrogen and oxygen atoms in total. The zero-order valence-electron chi connectivity index (χ0n) is 18.7. The van der Waals surface area contributed by atoms with Crippen molar-refractivity contribution < 1.29 is 22.7 Å². The van der Waals surface area contributed by atoms with Gasteiger partial charge in [0.1, 0.15) is 23.1 Å². The Bertz CT molecular complexity index is 1390. The topological polar surface area (TPSA) is 96.7 Å². The molecule has 0 saturated carbocycles. The van der Waals surface area contributed by atoms with Gasteiger partial charge in [-0.15, -0.1) is 0 Å². The lowest BCUT2D eigenvalue weighted by Crippen LogP contribution is -2.37. The Labute approximate surface area is 203 Å². The van der Waals surface area contributed by atoms with Crippen molar-refractivity contribution in [2.24, 2.45) is 0 Å². The fourth-order valence-corrected chi connectivity index (χ4v) is 4.81. The van der Waals surface area contributed by atoms with Crippen LogP contribution in [0.5, 0.6) is 11.5 Å². The van der Waals surface area contributed by atoms with Crippen LogP contribution in [0.1, 0.15) is 11.1 Å². The average Bonchev–Trinajstić information content (AvgIpc) is 2.83. The van der Waals surface area contributed by atoms with Crippen LogP contribution in [0.3, 0.4) is 0 Å². The molecule has 0 aliphatic rings. The van der Waals surface area contributed by atoms with E-state index in [1.165, 1.54) is 50.6 Å². The van der Waals surface area contributed by atoms with Crippen LogP contribution < -0.4 is 13.8 Å². The highest BCUT2D eigenvalue weighted by Gasteiger charge is 2.33. The molecule has 0 fully saturated rings. The number of nitrogens with zero attached hydrogens (tertiary/aromatic N) is 2. The van der Waals surface area contributed by atoms with Gasteiger partial charge in [0.25, 0.3) is 15.9 Å². The number of amides is 1. The first-order valence-electron chi connectivity index (χ1n) is 9.97. The Morgan fingerprint density at radius 3 is 2.24 bits per heavy atom. The first kappa shape index (κ1) is 24.8. The minimum absolute atomic E-state index is 0.0439. The molecule has 0 aliphatic heterocycles. The third-order valence-electron chi connectivity index (χ3n) is 4.90. The number of para-hydroxylation sites is 1. The molecule has 0 atom stereocenters. The summed E-state index contributed by atoms with van der Waals surface area (Å²) >= 11 is 6.22. The normalized spacial score (nSPS) is 11.4. The molecule has 0 saturated heterocycles. The van der Waals surface area contributed by atoms with Gasteiger partial charge in [-0.05, 0) is 49.4 Å². The summed E-state index contributed by atoms with van der Waals surface area (Å²) in [5, 5.41) is 9.88. The minimum atomic E-state index is -4.41. The molecule has 0 bridgehead atoms. The zero-order chi connectivity index (χ0) is 24.9. The van der Waals surface area contributed by atoms with Crippen LogP contribution in [0.4, 0.5) is 5.69 Å². The summed E-state index contributed by atoms with van der Waals surface area (Å²) in [6.07, 6.45) is 1.28. The lowest BCUT2D eigenvalue weighted by Gasteiger charge is -2.23. The number of benzene rings is 3. The molecule has 0 aromatic heterocycles. The van der Waals surface area contributed by atoms with Crippen LogP contribution in [-0.4, -0.2) is 28.5 Å². The van der Waals surface area contributed by atoms with E-state index in [9.17, 15) is 18.5 Å². The third-order valence-corrected chi connectivity index (χ3v) is 6.92.